The Bertz CT molecular complexity index is 1020. The van der Waals surface area contributed by atoms with Gasteiger partial charge >= 0.3 is 12.1 Å². The van der Waals surface area contributed by atoms with E-state index in [2.05, 4.69) is 34.5 Å². The molecule has 0 unspecified atom stereocenters. The van der Waals surface area contributed by atoms with E-state index in [-0.39, 0.29) is 12.5 Å². The van der Waals surface area contributed by atoms with E-state index in [0.717, 1.165) is 16.7 Å². The minimum atomic E-state index is -1.29. The molecule has 33 heavy (non-hydrogen) atoms. The summed E-state index contributed by atoms with van der Waals surface area (Å²) in [6.07, 6.45) is -0.329. The number of carbonyl (C=O) groups is 2. The highest BCUT2D eigenvalue weighted by molar-refractivity contribution is 5.88. The first kappa shape index (κ1) is 22.6. The van der Waals surface area contributed by atoms with E-state index in [0.29, 0.717) is 26.1 Å². The van der Waals surface area contributed by atoms with Gasteiger partial charge in [0, 0.05) is 25.6 Å². The average Bonchev–Trinajstić information content (AvgIpc) is 3.52. The van der Waals surface area contributed by atoms with Crippen LogP contribution in [0.4, 0.5) is 4.79 Å². The largest absolute Gasteiger partial charge is 0.479 e. The Kier molecular flexibility index (Phi) is 7.05. The molecular weight excluding hydrogens is 416 g/mol. The fourth-order valence-corrected chi connectivity index (χ4v) is 4.14. The predicted octanol–water partition coefficient (Wildman–Crippen LogP) is 4.46. The van der Waals surface area contributed by atoms with Crippen molar-refractivity contribution >= 4 is 12.1 Å². The van der Waals surface area contributed by atoms with E-state index in [4.69, 9.17) is 4.74 Å². The first-order valence-electron chi connectivity index (χ1n) is 11.1. The van der Waals surface area contributed by atoms with Crippen LogP contribution in [0.1, 0.15) is 23.1 Å². The molecule has 0 saturated heterocycles. The molecule has 2 N–H and O–H groups in total. The Morgan fingerprint density at radius 2 is 1.33 bits per heavy atom. The van der Waals surface area contributed by atoms with Crippen LogP contribution < -0.4 is 5.32 Å². The number of alkyl carbamates (subject to hydrolysis) is 1. The first-order valence-corrected chi connectivity index (χ1v) is 11.1. The zero-order chi connectivity index (χ0) is 23.1. The fourth-order valence-electron chi connectivity index (χ4n) is 4.14. The number of hydrogen-bond donors (Lipinski definition) is 2. The second-order valence-corrected chi connectivity index (χ2v) is 8.51. The van der Waals surface area contributed by atoms with Crippen LogP contribution in [0, 0.1) is 5.92 Å². The molecule has 1 amide bonds. The summed E-state index contributed by atoms with van der Waals surface area (Å²) in [5.74, 6) is -1.23. The van der Waals surface area contributed by atoms with Crippen LogP contribution in [-0.4, -0.2) is 34.2 Å². The molecule has 3 aromatic rings. The average molecular weight is 445 g/mol. The molecule has 1 saturated carbocycles. The second kappa shape index (κ2) is 10.3. The maximum atomic E-state index is 12.4. The summed E-state index contributed by atoms with van der Waals surface area (Å²) in [5, 5.41) is 12.5. The van der Waals surface area contributed by atoms with Gasteiger partial charge in [0.15, 0.2) is 0 Å². The molecule has 1 fully saturated rings. The van der Waals surface area contributed by atoms with E-state index < -0.39 is 17.6 Å². The Labute approximate surface area is 193 Å². The number of hydrogen-bond acceptors (Lipinski definition) is 4. The van der Waals surface area contributed by atoms with Crippen molar-refractivity contribution in [2.45, 2.75) is 31.7 Å². The minimum absolute atomic E-state index is 0.0984. The lowest BCUT2D eigenvalue weighted by Crippen LogP contribution is -2.46. The van der Waals surface area contributed by atoms with Crippen molar-refractivity contribution in [3.63, 3.8) is 0 Å². The van der Waals surface area contributed by atoms with Gasteiger partial charge in [0.05, 0.1) is 0 Å². The summed E-state index contributed by atoms with van der Waals surface area (Å²) in [6, 6.07) is 29.5. The Hall–Kier alpha value is -3.64. The summed E-state index contributed by atoms with van der Waals surface area (Å²) in [4.78, 5) is 26.7. The van der Waals surface area contributed by atoms with E-state index in [9.17, 15) is 14.7 Å². The zero-order valence-electron chi connectivity index (χ0n) is 18.4. The van der Waals surface area contributed by atoms with Gasteiger partial charge in [-0.1, -0.05) is 91.0 Å². The summed E-state index contributed by atoms with van der Waals surface area (Å²) < 4.78 is 5.27. The highest BCUT2D eigenvalue weighted by Crippen LogP contribution is 2.44. The molecular formula is C27H28N2O4. The molecule has 0 aromatic heterocycles. The van der Waals surface area contributed by atoms with Crippen LogP contribution in [0.3, 0.4) is 0 Å². The van der Waals surface area contributed by atoms with Crippen molar-refractivity contribution in [1.82, 2.24) is 10.2 Å². The highest BCUT2D eigenvalue weighted by atomic mass is 16.5. The van der Waals surface area contributed by atoms with Crippen LogP contribution in [0.5, 0.6) is 0 Å². The van der Waals surface area contributed by atoms with Gasteiger partial charge in [-0.05, 0) is 23.1 Å². The third kappa shape index (κ3) is 5.99. The van der Waals surface area contributed by atoms with E-state index in [1.807, 2.05) is 66.7 Å². The number of ether oxygens (including phenoxy) is 1. The second-order valence-electron chi connectivity index (χ2n) is 8.51. The van der Waals surface area contributed by atoms with Gasteiger partial charge in [0.2, 0.25) is 0 Å². The van der Waals surface area contributed by atoms with Gasteiger partial charge in [-0.25, -0.2) is 9.59 Å². The molecule has 1 aliphatic rings. The molecule has 0 aliphatic heterocycles. The predicted molar refractivity (Wildman–Crippen MR) is 125 cm³/mol. The number of nitrogens with one attached hydrogen (secondary N) is 1. The zero-order valence-corrected chi connectivity index (χ0v) is 18.4. The Morgan fingerprint density at radius 1 is 0.848 bits per heavy atom. The quantitative estimate of drug-likeness (QED) is 0.483. The van der Waals surface area contributed by atoms with Crippen LogP contribution in [0.2, 0.25) is 0 Å². The SMILES string of the molecule is O=C(N[C@]1(C(=O)O)C[C@@H]1CN(Cc1ccccc1)Cc1ccccc1)OCc1ccccc1. The van der Waals surface area contributed by atoms with Crippen LogP contribution >= 0.6 is 0 Å². The van der Waals surface area contributed by atoms with E-state index in [1.54, 1.807) is 0 Å². The van der Waals surface area contributed by atoms with E-state index >= 15 is 0 Å². The van der Waals surface area contributed by atoms with E-state index in [1.165, 1.54) is 0 Å². The molecule has 170 valence electrons. The van der Waals surface area contributed by atoms with Crippen molar-refractivity contribution < 1.29 is 19.4 Å². The lowest BCUT2D eigenvalue weighted by atomic mass is 10.1. The number of aliphatic carboxylic acids is 1. The monoisotopic (exact) mass is 444 g/mol. The molecule has 0 heterocycles. The van der Waals surface area contributed by atoms with Gasteiger partial charge in [-0.2, -0.15) is 0 Å². The summed E-state index contributed by atoms with van der Waals surface area (Å²) in [6.45, 7) is 2.04. The number of nitrogens with zero attached hydrogens (tertiary/aromatic N) is 1. The number of benzene rings is 3. The number of carbonyl (C=O) groups excluding carboxylic acids is 1. The lowest BCUT2D eigenvalue weighted by Gasteiger charge is -2.24. The molecule has 2 atom stereocenters. The Balaban J connectivity index is 1.40. The molecule has 1 aliphatic carbocycles. The normalized spacial score (nSPS) is 19.1. The lowest BCUT2D eigenvalue weighted by molar-refractivity contribution is -0.141. The Morgan fingerprint density at radius 3 is 1.82 bits per heavy atom. The molecule has 3 aromatic carbocycles. The minimum Gasteiger partial charge on any atom is -0.479 e. The number of rotatable bonds is 10. The fraction of sp³-hybridized carbons (Fsp3) is 0.259. The maximum absolute atomic E-state index is 12.4. The molecule has 6 nitrogen and oxygen atoms in total. The smallest absolute Gasteiger partial charge is 0.408 e. The standard InChI is InChI=1S/C27H28N2O4/c30-25(31)27(28-26(32)33-20-23-14-8-3-9-15-23)16-24(27)19-29(17-21-10-4-1-5-11-21)18-22-12-6-2-7-13-22/h1-15,24H,16-20H2,(H,28,32)(H,30,31)/t24-,27-/m1/s1. The molecule has 0 bridgehead atoms. The van der Waals surface area contributed by atoms with Gasteiger partial charge < -0.3 is 15.2 Å². The summed E-state index contributed by atoms with van der Waals surface area (Å²) >= 11 is 0. The third-order valence-corrected chi connectivity index (χ3v) is 6.00. The van der Waals surface area contributed by atoms with Crippen molar-refractivity contribution in [2.75, 3.05) is 6.54 Å². The van der Waals surface area contributed by atoms with Crippen molar-refractivity contribution in [2.24, 2.45) is 5.92 Å². The van der Waals surface area contributed by atoms with Gasteiger partial charge in [-0.3, -0.25) is 4.90 Å². The number of carboxylic acids is 1. The maximum Gasteiger partial charge on any atom is 0.408 e. The van der Waals surface area contributed by atoms with Crippen LogP contribution in [0.25, 0.3) is 0 Å². The molecule has 4 rings (SSSR count). The van der Waals surface area contributed by atoms with Gasteiger partial charge in [-0.15, -0.1) is 0 Å². The van der Waals surface area contributed by atoms with Crippen molar-refractivity contribution in [3.8, 4) is 0 Å². The molecule has 6 heteroatoms. The summed E-state index contributed by atoms with van der Waals surface area (Å²) in [5.41, 5.74) is 1.87. The van der Waals surface area contributed by atoms with Gasteiger partial charge in [0.1, 0.15) is 12.1 Å². The number of amides is 1. The topological polar surface area (TPSA) is 78.9 Å². The van der Waals surface area contributed by atoms with Crippen LogP contribution in [-0.2, 0) is 29.2 Å². The van der Waals surface area contributed by atoms with Crippen LogP contribution in [0.15, 0.2) is 91.0 Å². The van der Waals surface area contributed by atoms with Gasteiger partial charge in [0.25, 0.3) is 0 Å². The third-order valence-electron chi connectivity index (χ3n) is 6.00. The molecule has 0 spiro atoms. The highest BCUT2D eigenvalue weighted by Gasteiger charge is 2.62. The first-order chi connectivity index (χ1) is 16.0. The summed E-state index contributed by atoms with van der Waals surface area (Å²) in [7, 11) is 0. The number of carboxylic acid groups (broad SMARTS) is 1. The van der Waals surface area contributed by atoms with Crippen molar-refractivity contribution in [1.29, 1.82) is 0 Å². The molecule has 0 radical (unpaired) electrons. The van der Waals surface area contributed by atoms with Crippen molar-refractivity contribution in [3.05, 3.63) is 108 Å².